The lowest BCUT2D eigenvalue weighted by Crippen LogP contribution is -2.30. The highest BCUT2D eigenvalue weighted by Gasteiger charge is 2.10. The number of rotatable bonds is 8. The number of amides is 1. The summed E-state index contributed by atoms with van der Waals surface area (Å²) in [5.41, 5.74) is 0. The second-order valence-electron chi connectivity index (χ2n) is 4.50. The van der Waals surface area contributed by atoms with Crippen molar-refractivity contribution in [2.24, 2.45) is 5.92 Å². The topological polar surface area (TPSA) is 38.3 Å². The van der Waals surface area contributed by atoms with Gasteiger partial charge in [0.05, 0.1) is 6.61 Å². The molecule has 1 aromatic rings. The molecule has 100 valence electrons. The van der Waals surface area contributed by atoms with Gasteiger partial charge in [-0.3, -0.25) is 4.79 Å². The summed E-state index contributed by atoms with van der Waals surface area (Å²) < 4.78 is 5.54. The van der Waals surface area contributed by atoms with E-state index >= 15 is 0 Å². The Bertz CT molecular complexity index is 338. The molecule has 0 saturated heterocycles. The van der Waals surface area contributed by atoms with Crippen LogP contribution in [0.1, 0.15) is 33.1 Å². The Morgan fingerprint density at radius 2 is 2.06 bits per heavy atom. The van der Waals surface area contributed by atoms with Gasteiger partial charge in [0.1, 0.15) is 5.75 Å². The zero-order chi connectivity index (χ0) is 13.2. The second kappa shape index (κ2) is 8.56. The van der Waals surface area contributed by atoms with E-state index < -0.39 is 0 Å². The van der Waals surface area contributed by atoms with Gasteiger partial charge in [0.25, 0.3) is 0 Å². The van der Waals surface area contributed by atoms with Gasteiger partial charge in [0, 0.05) is 12.5 Å². The Kier molecular flexibility index (Phi) is 6.92. The maximum Gasteiger partial charge on any atom is 0.222 e. The van der Waals surface area contributed by atoms with Crippen LogP contribution in [0.15, 0.2) is 30.3 Å². The molecule has 18 heavy (non-hydrogen) atoms. The van der Waals surface area contributed by atoms with Gasteiger partial charge >= 0.3 is 0 Å². The fourth-order valence-electron chi connectivity index (χ4n) is 1.73. The van der Waals surface area contributed by atoms with Gasteiger partial charge in [-0.2, -0.15) is 0 Å². The predicted molar refractivity (Wildman–Crippen MR) is 73.6 cm³/mol. The van der Waals surface area contributed by atoms with Gasteiger partial charge in [-0.1, -0.05) is 38.5 Å². The maximum absolute atomic E-state index is 11.6. The summed E-state index contributed by atoms with van der Waals surface area (Å²) in [6.45, 7) is 5.38. The van der Waals surface area contributed by atoms with Crippen molar-refractivity contribution in [2.45, 2.75) is 33.1 Å². The molecule has 0 aliphatic heterocycles. The van der Waals surface area contributed by atoms with Crippen LogP contribution in [0.2, 0.25) is 0 Å². The Labute approximate surface area is 110 Å². The van der Waals surface area contributed by atoms with E-state index in [4.69, 9.17) is 4.74 Å². The molecule has 0 aliphatic rings. The van der Waals surface area contributed by atoms with E-state index in [1.807, 2.05) is 37.3 Å². The largest absolute Gasteiger partial charge is 0.494 e. The van der Waals surface area contributed by atoms with Crippen LogP contribution in [0.3, 0.4) is 0 Å². The van der Waals surface area contributed by atoms with E-state index in [2.05, 4.69) is 12.2 Å². The van der Waals surface area contributed by atoms with Gasteiger partial charge in [-0.25, -0.2) is 0 Å². The van der Waals surface area contributed by atoms with Gasteiger partial charge < -0.3 is 10.1 Å². The van der Waals surface area contributed by atoms with E-state index in [-0.39, 0.29) is 11.8 Å². The average molecular weight is 249 g/mol. The number of carbonyl (C=O) groups excluding carboxylic acids is 1. The molecule has 3 heteroatoms. The first kappa shape index (κ1) is 14.6. The summed E-state index contributed by atoms with van der Waals surface area (Å²) in [6.07, 6.45) is 2.83. The highest BCUT2D eigenvalue weighted by atomic mass is 16.5. The zero-order valence-corrected chi connectivity index (χ0v) is 11.3. The number of benzene rings is 1. The van der Waals surface area contributed by atoms with Crippen molar-refractivity contribution in [1.82, 2.24) is 5.32 Å². The van der Waals surface area contributed by atoms with Crippen molar-refractivity contribution in [3.63, 3.8) is 0 Å². The lowest BCUT2D eigenvalue weighted by molar-refractivity contribution is -0.124. The van der Waals surface area contributed by atoms with Crippen LogP contribution in [-0.2, 0) is 4.79 Å². The Morgan fingerprint density at radius 1 is 1.33 bits per heavy atom. The molecule has 1 amide bonds. The molecule has 0 spiro atoms. The molecule has 1 aromatic carbocycles. The molecule has 0 aliphatic carbocycles. The molecule has 1 unspecified atom stereocenters. The second-order valence-corrected chi connectivity index (χ2v) is 4.50. The van der Waals surface area contributed by atoms with Crippen molar-refractivity contribution < 1.29 is 9.53 Å². The molecule has 0 aromatic heterocycles. The molecule has 0 fully saturated rings. The minimum absolute atomic E-state index is 0.116. The minimum Gasteiger partial charge on any atom is -0.494 e. The van der Waals surface area contributed by atoms with E-state index in [1.54, 1.807) is 0 Å². The lowest BCUT2D eigenvalue weighted by Gasteiger charge is -2.11. The average Bonchev–Trinajstić information content (AvgIpc) is 2.39. The zero-order valence-electron chi connectivity index (χ0n) is 11.3. The molecule has 0 heterocycles. The predicted octanol–water partition coefficient (Wildman–Crippen LogP) is 3.01. The number of nitrogens with one attached hydrogen (secondary N) is 1. The number of hydrogen-bond donors (Lipinski definition) is 1. The molecule has 3 nitrogen and oxygen atoms in total. The summed E-state index contributed by atoms with van der Waals surface area (Å²) in [7, 11) is 0. The minimum atomic E-state index is 0.116. The van der Waals surface area contributed by atoms with Crippen molar-refractivity contribution in [3.05, 3.63) is 30.3 Å². The molecule has 0 radical (unpaired) electrons. The Balaban J connectivity index is 2.07. The van der Waals surface area contributed by atoms with E-state index in [0.29, 0.717) is 13.2 Å². The fraction of sp³-hybridized carbons (Fsp3) is 0.533. The van der Waals surface area contributed by atoms with Crippen molar-refractivity contribution in [3.8, 4) is 5.75 Å². The molecule has 1 N–H and O–H groups in total. The molecule has 0 saturated carbocycles. The Hall–Kier alpha value is -1.51. The summed E-state index contributed by atoms with van der Waals surface area (Å²) in [6, 6.07) is 9.72. The maximum atomic E-state index is 11.6. The first-order valence-electron chi connectivity index (χ1n) is 6.69. The van der Waals surface area contributed by atoms with Crippen molar-refractivity contribution in [1.29, 1.82) is 0 Å². The van der Waals surface area contributed by atoms with E-state index in [9.17, 15) is 4.79 Å². The third-order valence-electron chi connectivity index (χ3n) is 2.80. The fourth-order valence-corrected chi connectivity index (χ4v) is 1.73. The smallest absolute Gasteiger partial charge is 0.222 e. The first-order valence-corrected chi connectivity index (χ1v) is 6.69. The number of para-hydroxylation sites is 1. The van der Waals surface area contributed by atoms with Crippen LogP contribution >= 0.6 is 0 Å². The standard InChI is InChI=1S/C15H23NO2/c1-3-8-13(2)15(17)16-11-7-12-18-14-9-5-4-6-10-14/h4-6,9-10,13H,3,7-8,11-12H2,1-2H3,(H,16,17). The highest BCUT2D eigenvalue weighted by Crippen LogP contribution is 2.08. The summed E-state index contributed by atoms with van der Waals surface area (Å²) in [4.78, 5) is 11.6. The van der Waals surface area contributed by atoms with Crippen LogP contribution in [-0.4, -0.2) is 19.1 Å². The lowest BCUT2D eigenvalue weighted by atomic mass is 10.1. The van der Waals surface area contributed by atoms with E-state index in [1.165, 1.54) is 0 Å². The van der Waals surface area contributed by atoms with Crippen molar-refractivity contribution in [2.75, 3.05) is 13.2 Å². The van der Waals surface area contributed by atoms with Gasteiger partial charge in [-0.15, -0.1) is 0 Å². The molecular formula is C15H23NO2. The SMILES string of the molecule is CCCC(C)C(=O)NCCCOc1ccccc1. The van der Waals surface area contributed by atoms with Crippen LogP contribution in [0.25, 0.3) is 0 Å². The van der Waals surface area contributed by atoms with Crippen LogP contribution in [0.5, 0.6) is 5.75 Å². The van der Waals surface area contributed by atoms with Gasteiger partial charge in [0.2, 0.25) is 5.91 Å². The first-order chi connectivity index (χ1) is 8.74. The molecule has 1 rings (SSSR count). The number of carbonyl (C=O) groups is 1. The Morgan fingerprint density at radius 3 is 2.72 bits per heavy atom. The normalized spacial score (nSPS) is 11.9. The number of ether oxygens (including phenoxy) is 1. The molecular weight excluding hydrogens is 226 g/mol. The molecule has 1 atom stereocenters. The van der Waals surface area contributed by atoms with Crippen LogP contribution < -0.4 is 10.1 Å². The van der Waals surface area contributed by atoms with Crippen LogP contribution in [0.4, 0.5) is 0 Å². The monoisotopic (exact) mass is 249 g/mol. The highest BCUT2D eigenvalue weighted by molar-refractivity contribution is 5.78. The van der Waals surface area contributed by atoms with Gasteiger partial charge in [0.15, 0.2) is 0 Å². The summed E-state index contributed by atoms with van der Waals surface area (Å²) >= 11 is 0. The van der Waals surface area contributed by atoms with Crippen LogP contribution in [0, 0.1) is 5.92 Å². The number of hydrogen-bond acceptors (Lipinski definition) is 2. The van der Waals surface area contributed by atoms with Gasteiger partial charge in [-0.05, 0) is 25.0 Å². The summed E-state index contributed by atoms with van der Waals surface area (Å²) in [5.74, 6) is 1.14. The van der Waals surface area contributed by atoms with E-state index in [0.717, 1.165) is 25.0 Å². The third kappa shape index (κ3) is 5.71. The summed E-state index contributed by atoms with van der Waals surface area (Å²) in [5, 5.41) is 2.93. The molecule has 0 bridgehead atoms. The van der Waals surface area contributed by atoms with Crippen molar-refractivity contribution >= 4 is 5.91 Å². The third-order valence-corrected chi connectivity index (χ3v) is 2.80. The quantitative estimate of drug-likeness (QED) is 0.719.